The highest BCUT2D eigenvalue weighted by atomic mass is 35.5. The highest BCUT2D eigenvalue weighted by Gasteiger charge is 2.29. The normalized spacial score (nSPS) is 28.2. The molecule has 1 fully saturated rings. The van der Waals surface area contributed by atoms with Crippen molar-refractivity contribution in [2.45, 2.75) is 18.5 Å². The van der Waals surface area contributed by atoms with Crippen molar-refractivity contribution in [3.05, 3.63) is 34.9 Å². The number of nitrogens with zero attached hydrogens (tertiary/aromatic N) is 1. The third kappa shape index (κ3) is 1.78. The number of halogens is 1. The predicted octanol–water partition coefficient (Wildman–Crippen LogP) is 2.04. The molecule has 1 aliphatic heterocycles. The second kappa shape index (κ2) is 3.89. The van der Waals surface area contributed by atoms with Crippen LogP contribution < -0.4 is 5.73 Å². The molecule has 1 aliphatic rings. The van der Waals surface area contributed by atoms with Gasteiger partial charge in [-0.2, -0.15) is 0 Å². The van der Waals surface area contributed by atoms with Crippen molar-refractivity contribution < 1.29 is 0 Å². The number of hydrogen-bond donors (Lipinski definition) is 1. The van der Waals surface area contributed by atoms with E-state index in [2.05, 4.69) is 24.1 Å². The van der Waals surface area contributed by atoms with Gasteiger partial charge in [0.05, 0.1) is 0 Å². The molecular formula is C11H15ClN2. The number of hydrogen-bond acceptors (Lipinski definition) is 2. The quantitative estimate of drug-likeness (QED) is 0.769. The van der Waals surface area contributed by atoms with Crippen LogP contribution in [-0.4, -0.2) is 24.5 Å². The van der Waals surface area contributed by atoms with Gasteiger partial charge in [0.1, 0.15) is 0 Å². The van der Waals surface area contributed by atoms with Crippen LogP contribution in [0.3, 0.4) is 0 Å². The Balaban J connectivity index is 2.25. The Kier molecular flexibility index (Phi) is 2.77. The fraction of sp³-hybridized carbons (Fsp3) is 0.455. The topological polar surface area (TPSA) is 29.3 Å². The SMILES string of the molecule is CN1CC[C@@H](N)[C@H]1c1ccc(Cl)cc1. The molecule has 0 saturated carbocycles. The average molecular weight is 211 g/mol. The van der Waals surface area contributed by atoms with Gasteiger partial charge in [0.25, 0.3) is 0 Å². The first-order valence-electron chi connectivity index (χ1n) is 4.90. The zero-order valence-electron chi connectivity index (χ0n) is 8.28. The minimum Gasteiger partial charge on any atom is -0.326 e. The molecule has 0 radical (unpaired) electrons. The van der Waals surface area contributed by atoms with Gasteiger partial charge < -0.3 is 5.73 Å². The Morgan fingerprint density at radius 3 is 2.50 bits per heavy atom. The summed E-state index contributed by atoms with van der Waals surface area (Å²) >= 11 is 5.85. The molecular weight excluding hydrogens is 196 g/mol. The van der Waals surface area contributed by atoms with Crippen molar-refractivity contribution in [3.63, 3.8) is 0 Å². The van der Waals surface area contributed by atoms with Gasteiger partial charge in [0.15, 0.2) is 0 Å². The summed E-state index contributed by atoms with van der Waals surface area (Å²) in [6, 6.07) is 8.59. The molecule has 0 unspecified atom stereocenters. The number of nitrogens with two attached hydrogens (primary N) is 1. The molecule has 0 amide bonds. The van der Waals surface area contributed by atoms with Gasteiger partial charge in [0, 0.05) is 23.7 Å². The van der Waals surface area contributed by atoms with E-state index in [9.17, 15) is 0 Å². The second-order valence-electron chi connectivity index (χ2n) is 3.93. The van der Waals surface area contributed by atoms with Crippen LogP contribution >= 0.6 is 11.6 Å². The van der Waals surface area contributed by atoms with E-state index >= 15 is 0 Å². The van der Waals surface area contributed by atoms with Crippen molar-refractivity contribution >= 4 is 11.6 Å². The van der Waals surface area contributed by atoms with Gasteiger partial charge in [0.2, 0.25) is 0 Å². The fourth-order valence-corrected chi connectivity index (χ4v) is 2.26. The smallest absolute Gasteiger partial charge is 0.0496 e. The van der Waals surface area contributed by atoms with Crippen molar-refractivity contribution in [2.24, 2.45) is 5.73 Å². The van der Waals surface area contributed by atoms with Crippen LogP contribution in [0.4, 0.5) is 0 Å². The van der Waals surface area contributed by atoms with Crippen LogP contribution in [-0.2, 0) is 0 Å². The number of likely N-dealkylation sites (tertiary alicyclic amines) is 1. The summed E-state index contributed by atoms with van der Waals surface area (Å²) in [5.74, 6) is 0. The van der Waals surface area contributed by atoms with E-state index in [1.165, 1.54) is 5.56 Å². The first-order chi connectivity index (χ1) is 6.68. The predicted molar refractivity (Wildman–Crippen MR) is 59.4 cm³/mol. The maximum Gasteiger partial charge on any atom is 0.0496 e. The molecule has 14 heavy (non-hydrogen) atoms. The summed E-state index contributed by atoms with van der Waals surface area (Å²) in [6.45, 7) is 1.08. The van der Waals surface area contributed by atoms with Crippen LogP contribution in [0.15, 0.2) is 24.3 Å². The molecule has 0 spiro atoms. The van der Waals surface area contributed by atoms with Crippen LogP contribution in [0.1, 0.15) is 18.0 Å². The van der Waals surface area contributed by atoms with E-state index < -0.39 is 0 Å². The third-order valence-electron chi connectivity index (χ3n) is 2.91. The lowest BCUT2D eigenvalue weighted by Crippen LogP contribution is -2.29. The van der Waals surface area contributed by atoms with Crippen molar-refractivity contribution in [1.82, 2.24) is 4.90 Å². The minimum atomic E-state index is 0.251. The molecule has 0 bridgehead atoms. The maximum absolute atomic E-state index is 6.06. The van der Waals surface area contributed by atoms with E-state index in [4.69, 9.17) is 17.3 Å². The van der Waals surface area contributed by atoms with E-state index in [1.54, 1.807) is 0 Å². The summed E-state index contributed by atoms with van der Waals surface area (Å²) < 4.78 is 0. The summed E-state index contributed by atoms with van der Waals surface area (Å²) in [4.78, 5) is 2.30. The molecule has 3 heteroatoms. The van der Waals surface area contributed by atoms with E-state index in [0.717, 1.165) is 18.0 Å². The van der Waals surface area contributed by atoms with Crippen molar-refractivity contribution in [3.8, 4) is 0 Å². The molecule has 76 valence electrons. The Hall–Kier alpha value is -0.570. The first-order valence-corrected chi connectivity index (χ1v) is 5.27. The molecule has 1 saturated heterocycles. The van der Waals surface area contributed by atoms with Crippen molar-refractivity contribution in [1.29, 1.82) is 0 Å². The lowest BCUT2D eigenvalue weighted by Gasteiger charge is -2.23. The standard InChI is InChI=1S/C11H15ClN2/c1-14-7-6-10(13)11(14)8-2-4-9(12)5-3-8/h2-5,10-11H,6-7,13H2,1H3/t10-,11-/m1/s1. The largest absolute Gasteiger partial charge is 0.326 e. The van der Waals surface area contributed by atoms with Crippen LogP contribution in [0.25, 0.3) is 0 Å². The Labute approximate surface area is 89.7 Å². The van der Waals surface area contributed by atoms with Gasteiger partial charge in [-0.05, 0) is 31.2 Å². The number of likely N-dealkylation sites (N-methyl/N-ethyl adjacent to an activating group) is 1. The van der Waals surface area contributed by atoms with Crippen LogP contribution in [0.5, 0.6) is 0 Å². The Morgan fingerprint density at radius 1 is 1.36 bits per heavy atom. The lowest BCUT2D eigenvalue weighted by atomic mass is 10.0. The zero-order chi connectivity index (χ0) is 10.1. The third-order valence-corrected chi connectivity index (χ3v) is 3.16. The number of rotatable bonds is 1. The Bertz CT molecular complexity index is 300. The molecule has 0 aliphatic carbocycles. The van der Waals surface area contributed by atoms with Crippen LogP contribution in [0, 0.1) is 0 Å². The van der Waals surface area contributed by atoms with Gasteiger partial charge >= 0.3 is 0 Å². The minimum absolute atomic E-state index is 0.251. The number of benzene rings is 1. The van der Waals surface area contributed by atoms with E-state index in [0.29, 0.717) is 6.04 Å². The fourth-order valence-electron chi connectivity index (χ4n) is 2.14. The molecule has 2 N–H and O–H groups in total. The molecule has 1 aromatic carbocycles. The van der Waals surface area contributed by atoms with Gasteiger partial charge in [-0.25, -0.2) is 0 Å². The summed E-state index contributed by atoms with van der Waals surface area (Å²) in [5, 5.41) is 0.781. The molecule has 1 aromatic rings. The summed E-state index contributed by atoms with van der Waals surface area (Å²) in [6.07, 6.45) is 1.07. The molecule has 2 nitrogen and oxygen atoms in total. The monoisotopic (exact) mass is 210 g/mol. The van der Waals surface area contributed by atoms with Gasteiger partial charge in [-0.1, -0.05) is 23.7 Å². The first kappa shape index (κ1) is 9.97. The average Bonchev–Trinajstić information content (AvgIpc) is 2.49. The van der Waals surface area contributed by atoms with Gasteiger partial charge in [-0.3, -0.25) is 4.90 Å². The highest BCUT2D eigenvalue weighted by Crippen LogP contribution is 2.29. The van der Waals surface area contributed by atoms with Crippen molar-refractivity contribution in [2.75, 3.05) is 13.6 Å². The zero-order valence-corrected chi connectivity index (χ0v) is 9.04. The molecule has 0 aromatic heterocycles. The molecule has 1 heterocycles. The van der Waals surface area contributed by atoms with E-state index in [-0.39, 0.29) is 6.04 Å². The van der Waals surface area contributed by atoms with Gasteiger partial charge in [-0.15, -0.1) is 0 Å². The summed E-state index contributed by atoms with van der Waals surface area (Å²) in [7, 11) is 2.12. The molecule has 2 atom stereocenters. The highest BCUT2D eigenvalue weighted by molar-refractivity contribution is 6.30. The summed E-state index contributed by atoms with van der Waals surface area (Å²) in [5.41, 5.74) is 7.33. The lowest BCUT2D eigenvalue weighted by molar-refractivity contribution is 0.304. The maximum atomic E-state index is 6.06. The van der Waals surface area contributed by atoms with E-state index in [1.807, 2.05) is 12.1 Å². The Morgan fingerprint density at radius 2 is 2.00 bits per heavy atom. The van der Waals surface area contributed by atoms with Crippen LogP contribution in [0.2, 0.25) is 5.02 Å². The molecule has 2 rings (SSSR count). The second-order valence-corrected chi connectivity index (χ2v) is 4.37.